The number of hydrogen-bond acceptors (Lipinski definition) is 5. The minimum absolute atomic E-state index is 0.153. The van der Waals surface area contributed by atoms with Crippen LogP contribution in [-0.2, 0) is 11.0 Å². The number of hydrogen-bond donors (Lipinski definition) is 1. The van der Waals surface area contributed by atoms with Crippen molar-refractivity contribution in [1.29, 1.82) is 5.26 Å². The Kier molecular flexibility index (Phi) is 6.75. The number of alkyl halides is 3. The van der Waals surface area contributed by atoms with Crippen LogP contribution in [0.5, 0.6) is 0 Å². The molecule has 0 radical (unpaired) electrons. The molecule has 2 amide bonds. The highest BCUT2D eigenvalue weighted by molar-refractivity contribution is 7.81. The van der Waals surface area contributed by atoms with Gasteiger partial charge in [-0.15, -0.1) is 0 Å². The quantitative estimate of drug-likeness (QED) is 0.389. The largest absolute Gasteiger partial charge is 0.419 e. The Bertz CT molecular complexity index is 1410. The minimum Gasteiger partial charge on any atom is -0.355 e. The van der Waals surface area contributed by atoms with Crippen LogP contribution >= 0.6 is 12.2 Å². The zero-order chi connectivity index (χ0) is 29.1. The van der Waals surface area contributed by atoms with Crippen LogP contribution in [0.2, 0.25) is 0 Å². The number of carbonyl (C=O) groups excluding carboxylic acids is 2. The van der Waals surface area contributed by atoms with Crippen molar-refractivity contribution in [2.24, 2.45) is 10.8 Å². The molecule has 1 aromatic carbocycles. The van der Waals surface area contributed by atoms with Crippen molar-refractivity contribution in [2.45, 2.75) is 58.7 Å². The molecule has 0 unspecified atom stereocenters. The predicted molar refractivity (Wildman–Crippen MR) is 140 cm³/mol. The van der Waals surface area contributed by atoms with Gasteiger partial charge >= 0.3 is 6.18 Å². The van der Waals surface area contributed by atoms with Crippen molar-refractivity contribution in [2.75, 3.05) is 16.8 Å². The predicted octanol–water partition coefficient (Wildman–Crippen LogP) is 5.58. The molecular weight excluding hydrogens is 534 g/mol. The van der Waals surface area contributed by atoms with E-state index in [1.54, 1.807) is 0 Å². The van der Waals surface area contributed by atoms with Crippen molar-refractivity contribution < 1.29 is 27.2 Å². The molecule has 2 fully saturated rings. The smallest absolute Gasteiger partial charge is 0.355 e. The first-order valence-corrected chi connectivity index (χ1v) is 12.5. The molecule has 12 heteroatoms. The van der Waals surface area contributed by atoms with E-state index in [1.165, 1.54) is 30.1 Å². The van der Waals surface area contributed by atoms with Crippen LogP contribution in [0.15, 0.2) is 30.5 Å². The molecule has 1 saturated carbocycles. The van der Waals surface area contributed by atoms with Crippen LogP contribution in [0.3, 0.4) is 0 Å². The molecule has 39 heavy (non-hydrogen) atoms. The summed E-state index contributed by atoms with van der Waals surface area (Å²) in [5.41, 5.74) is -4.52. The fourth-order valence-electron chi connectivity index (χ4n) is 6.48. The highest BCUT2D eigenvalue weighted by Gasteiger charge is 2.62. The van der Waals surface area contributed by atoms with Crippen LogP contribution in [0.4, 0.5) is 28.9 Å². The number of nitrogens with one attached hydrogen (secondary N) is 1. The number of anilines is 2. The lowest BCUT2D eigenvalue weighted by Gasteiger charge is -2.52. The average Bonchev–Trinajstić information content (AvgIpc) is 3.00. The molecule has 0 bridgehead atoms. The van der Waals surface area contributed by atoms with Crippen LogP contribution < -0.4 is 15.1 Å². The van der Waals surface area contributed by atoms with Gasteiger partial charge in [-0.25, -0.2) is 9.37 Å². The molecule has 1 aliphatic carbocycles. The van der Waals surface area contributed by atoms with Crippen molar-refractivity contribution in [3.05, 3.63) is 53.1 Å². The lowest BCUT2D eigenvalue weighted by Crippen LogP contribution is -2.58. The SMILES string of the molecule is CNC(=O)c1ccc(N2C(=S)N(c3cnc(C#N)c(C(F)(F)F)c3)C(=O)C23CC(C)(C)CC(C)(C)C3)cc1F. The van der Waals surface area contributed by atoms with E-state index >= 15 is 4.39 Å². The number of thiocarbonyl (C=S) groups is 1. The first kappa shape index (κ1) is 28.4. The Morgan fingerprint density at radius 2 is 1.72 bits per heavy atom. The maximum Gasteiger partial charge on any atom is 0.419 e. The van der Waals surface area contributed by atoms with E-state index in [0.717, 1.165) is 23.6 Å². The Balaban J connectivity index is 1.94. The molecule has 2 aliphatic rings. The highest BCUT2D eigenvalue weighted by Crippen LogP contribution is 2.56. The third-order valence-electron chi connectivity index (χ3n) is 7.14. The van der Waals surface area contributed by atoms with Gasteiger partial charge in [0.15, 0.2) is 10.8 Å². The average molecular weight is 562 g/mol. The lowest BCUT2D eigenvalue weighted by atomic mass is 9.58. The summed E-state index contributed by atoms with van der Waals surface area (Å²) in [5, 5.41) is 11.4. The molecule has 0 atom stereocenters. The molecule has 1 aliphatic heterocycles. The monoisotopic (exact) mass is 561 g/mol. The number of benzene rings is 1. The Hall–Kier alpha value is -3.59. The van der Waals surface area contributed by atoms with Crippen molar-refractivity contribution in [3.63, 3.8) is 0 Å². The van der Waals surface area contributed by atoms with E-state index in [2.05, 4.69) is 10.3 Å². The van der Waals surface area contributed by atoms with Crippen molar-refractivity contribution >= 4 is 40.5 Å². The molecule has 1 aromatic heterocycles. The number of rotatable bonds is 3. The van der Waals surface area contributed by atoms with Gasteiger partial charge in [0, 0.05) is 12.7 Å². The summed E-state index contributed by atoms with van der Waals surface area (Å²) in [7, 11) is 1.36. The second kappa shape index (κ2) is 9.26. The summed E-state index contributed by atoms with van der Waals surface area (Å²) in [6.07, 6.45) is -2.57. The number of pyridine rings is 1. The maximum absolute atomic E-state index is 15.1. The number of aromatic nitrogens is 1. The summed E-state index contributed by atoms with van der Waals surface area (Å²) in [5.74, 6) is -2.05. The molecule has 1 spiro atoms. The zero-order valence-corrected chi connectivity index (χ0v) is 22.9. The highest BCUT2D eigenvalue weighted by atomic mass is 32.1. The topological polar surface area (TPSA) is 89.3 Å². The number of carbonyl (C=O) groups is 2. The van der Waals surface area contributed by atoms with E-state index in [-0.39, 0.29) is 45.7 Å². The van der Waals surface area contributed by atoms with E-state index in [4.69, 9.17) is 17.5 Å². The van der Waals surface area contributed by atoms with Gasteiger partial charge in [-0.05, 0) is 66.6 Å². The van der Waals surface area contributed by atoms with E-state index in [9.17, 15) is 22.8 Å². The van der Waals surface area contributed by atoms with Gasteiger partial charge in [-0.1, -0.05) is 27.7 Å². The molecule has 2 heterocycles. The molecule has 2 aromatic rings. The first-order valence-electron chi connectivity index (χ1n) is 12.1. The summed E-state index contributed by atoms with van der Waals surface area (Å²) in [6, 6.07) is 5.95. The second-order valence-corrected chi connectivity index (χ2v) is 12.0. The molecule has 7 nitrogen and oxygen atoms in total. The summed E-state index contributed by atoms with van der Waals surface area (Å²) in [6.45, 7) is 7.97. The standard InChI is InChI=1S/C27H27F4N5O2S/c1-24(2)12-25(3,4)14-26(13-24)22(38)35(16-8-18(27(29,30)31)20(10-32)34-11-16)23(39)36(26)15-6-7-17(19(28)9-15)21(37)33-5/h6-9,11H,12-14H2,1-5H3,(H,33,37). The van der Waals surface area contributed by atoms with Gasteiger partial charge in [0.05, 0.1) is 23.0 Å². The Morgan fingerprint density at radius 1 is 1.10 bits per heavy atom. The number of halogens is 4. The summed E-state index contributed by atoms with van der Waals surface area (Å²) < 4.78 is 56.4. The fourth-order valence-corrected chi connectivity index (χ4v) is 6.95. The van der Waals surface area contributed by atoms with Crippen molar-refractivity contribution in [3.8, 4) is 6.07 Å². The minimum atomic E-state index is -4.90. The van der Waals surface area contributed by atoms with E-state index < -0.39 is 40.6 Å². The number of nitrogens with zero attached hydrogens (tertiary/aromatic N) is 4. The zero-order valence-electron chi connectivity index (χ0n) is 22.0. The molecular formula is C27H27F4N5O2S. The van der Waals surface area contributed by atoms with Gasteiger partial charge in [0.25, 0.3) is 11.8 Å². The van der Waals surface area contributed by atoms with Crippen LogP contribution in [0.1, 0.15) is 68.6 Å². The Morgan fingerprint density at radius 3 is 2.23 bits per heavy atom. The third kappa shape index (κ3) is 4.84. The van der Waals surface area contributed by atoms with E-state index in [0.29, 0.717) is 6.07 Å². The van der Waals surface area contributed by atoms with Crippen LogP contribution in [-0.4, -0.2) is 34.5 Å². The molecule has 206 valence electrons. The van der Waals surface area contributed by atoms with Crippen LogP contribution in [0.25, 0.3) is 0 Å². The van der Waals surface area contributed by atoms with Gasteiger partial charge in [0.1, 0.15) is 17.4 Å². The fraction of sp³-hybridized carbons (Fsp3) is 0.444. The summed E-state index contributed by atoms with van der Waals surface area (Å²) in [4.78, 5) is 32.6. The molecule has 4 rings (SSSR count). The molecule has 1 saturated heterocycles. The first-order chi connectivity index (χ1) is 18.0. The second-order valence-electron chi connectivity index (χ2n) is 11.6. The third-order valence-corrected chi connectivity index (χ3v) is 7.50. The van der Waals surface area contributed by atoms with Gasteiger partial charge in [-0.3, -0.25) is 14.5 Å². The van der Waals surface area contributed by atoms with Crippen molar-refractivity contribution in [1.82, 2.24) is 10.3 Å². The number of amides is 2. The van der Waals surface area contributed by atoms with E-state index in [1.807, 2.05) is 27.7 Å². The summed E-state index contributed by atoms with van der Waals surface area (Å²) >= 11 is 5.71. The van der Waals surface area contributed by atoms with Gasteiger partial charge in [0.2, 0.25) is 0 Å². The lowest BCUT2D eigenvalue weighted by molar-refractivity contribution is -0.138. The van der Waals surface area contributed by atoms with Gasteiger partial charge in [-0.2, -0.15) is 18.4 Å². The number of nitriles is 1. The maximum atomic E-state index is 15.1. The molecule has 1 N–H and O–H groups in total. The van der Waals surface area contributed by atoms with Gasteiger partial charge < -0.3 is 10.2 Å². The Labute approximate surface area is 228 Å². The normalized spacial score (nSPS) is 19.8. The van der Waals surface area contributed by atoms with Crippen LogP contribution in [0, 0.1) is 28.0 Å².